The highest BCUT2D eigenvalue weighted by Gasteiger charge is 2.22. The van der Waals surface area contributed by atoms with Crippen LogP contribution in [-0.4, -0.2) is 42.4 Å². The van der Waals surface area contributed by atoms with Crippen molar-refractivity contribution in [2.24, 2.45) is 0 Å². The molecule has 0 bridgehead atoms. The van der Waals surface area contributed by atoms with E-state index in [1.807, 2.05) is 12.1 Å². The maximum absolute atomic E-state index is 11.9. The number of benzene rings is 1. The van der Waals surface area contributed by atoms with Gasteiger partial charge >= 0.3 is 0 Å². The number of morpholine rings is 1. The highest BCUT2D eigenvalue weighted by molar-refractivity contribution is 6.02. The molecule has 136 valence electrons. The number of hydrogen-bond donors (Lipinski definition) is 2. The third kappa shape index (κ3) is 3.24. The van der Waals surface area contributed by atoms with E-state index >= 15 is 0 Å². The van der Waals surface area contributed by atoms with Crippen molar-refractivity contribution in [3.05, 3.63) is 42.1 Å². The summed E-state index contributed by atoms with van der Waals surface area (Å²) in [4.78, 5) is 14.2. The zero-order chi connectivity index (χ0) is 17.9. The second-order valence-corrected chi connectivity index (χ2v) is 6.76. The normalized spacial score (nSPS) is 16.8. The minimum Gasteiger partial charge on any atom is -0.378 e. The summed E-state index contributed by atoms with van der Waals surface area (Å²) in [6.07, 6.45) is 5.73. The maximum atomic E-state index is 11.9. The lowest BCUT2D eigenvalue weighted by Crippen LogP contribution is -2.36. The molecule has 6 nitrogen and oxygen atoms in total. The minimum absolute atomic E-state index is 0.213. The van der Waals surface area contributed by atoms with Crippen LogP contribution in [0.25, 0.3) is 11.3 Å². The van der Waals surface area contributed by atoms with Gasteiger partial charge in [-0.1, -0.05) is 6.58 Å². The summed E-state index contributed by atoms with van der Waals surface area (Å²) in [6, 6.07) is 6.15. The summed E-state index contributed by atoms with van der Waals surface area (Å²) in [7, 11) is 0. The van der Waals surface area contributed by atoms with Crippen LogP contribution in [-0.2, 0) is 22.4 Å². The summed E-state index contributed by atoms with van der Waals surface area (Å²) in [5.74, 6) is -0.213. The van der Waals surface area contributed by atoms with E-state index in [9.17, 15) is 4.79 Å². The van der Waals surface area contributed by atoms with E-state index in [-0.39, 0.29) is 5.91 Å². The molecule has 1 aliphatic heterocycles. The van der Waals surface area contributed by atoms with Crippen LogP contribution < -0.4 is 10.2 Å². The molecule has 1 aromatic heterocycles. The zero-order valence-electron chi connectivity index (χ0n) is 14.9. The maximum Gasteiger partial charge on any atom is 0.247 e. The number of fused-ring (bicyclic) bond motifs is 1. The molecule has 1 saturated heterocycles. The molecule has 1 aromatic carbocycles. The molecule has 0 radical (unpaired) electrons. The molecule has 2 heterocycles. The van der Waals surface area contributed by atoms with Crippen molar-refractivity contribution in [1.82, 2.24) is 10.2 Å². The van der Waals surface area contributed by atoms with Gasteiger partial charge in [0.05, 0.1) is 24.6 Å². The van der Waals surface area contributed by atoms with Crippen LogP contribution in [0.5, 0.6) is 0 Å². The van der Waals surface area contributed by atoms with Gasteiger partial charge in [-0.3, -0.25) is 9.89 Å². The van der Waals surface area contributed by atoms with Gasteiger partial charge in [-0.15, -0.1) is 0 Å². The van der Waals surface area contributed by atoms with Crippen LogP contribution in [0.15, 0.2) is 30.9 Å². The van der Waals surface area contributed by atoms with E-state index in [0.717, 1.165) is 61.8 Å². The highest BCUT2D eigenvalue weighted by Crippen LogP contribution is 2.36. The molecule has 2 N–H and O–H groups in total. The zero-order valence-corrected chi connectivity index (χ0v) is 14.9. The molecule has 0 atom stereocenters. The first-order valence-electron chi connectivity index (χ1n) is 9.23. The van der Waals surface area contributed by atoms with Crippen molar-refractivity contribution in [2.75, 3.05) is 36.5 Å². The lowest BCUT2D eigenvalue weighted by molar-refractivity contribution is -0.111. The number of rotatable bonds is 4. The van der Waals surface area contributed by atoms with Crippen LogP contribution >= 0.6 is 0 Å². The summed E-state index contributed by atoms with van der Waals surface area (Å²) in [6.45, 7) is 6.77. The van der Waals surface area contributed by atoms with Gasteiger partial charge in [-0.25, -0.2) is 0 Å². The topological polar surface area (TPSA) is 70.2 Å². The molecule has 0 saturated carbocycles. The van der Waals surface area contributed by atoms with Gasteiger partial charge in [0.1, 0.15) is 0 Å². The number of aromatic amines is 1. The van der Waals surface area contributed by atoms with Gasteiger partial charge in [0, 0.05) is 35.6 Å². The van der Waals surface area contributed by atoms with Crippen molar-refractivity contribution in [3.63, 3.8) is 0 Å². The van der Waals surface area contributed by atoms with E-state index in [1.165, 1.54) is 30.2 Å². The number of nitrogens with one attached hydrogen (secondary N) is 2. The van der Waals surface area contributed by atoms with E-state index in [0.29, 0.717) is 0 Å². The van der Waals surface area contributed by atoms with Crippen molar-refractivity contribution in [2.45, 2.75) is 25.7 Å². The van der Waals surface area contributed by atoms with Crippen LogP contribution in [0.1, 0.15) is 24.1 Å². The number of aryl methyl sites for hydroxylation is 1. The Labute approximate surface area is 153 Å². The lowest BCUT2D eigenvalue weighted by atomic mass is 9.93. The average molecular weight is 352 g/mol. The van der Waals surface area contributed by atoms with Gasteiger partial charge < -0.3 is 15.0 Å². The van der Waals surface area contributed by atoms with Crippen molar-refractivity contribution in [1.29, 1.82) is 0 Å². The fraction of sp³-hybridized carbons (Fsp3) is 0.400. The summed E-state index contributed by atoms with van der Waals surface area (Å²) >= 11 is 0. The van der Waals surface area contributed by atoms with E-state index in [4.69, 9.17) is 4.74 Å². The van der Waals surface area contributed by atoms with Crippen LogP contribution in [0.3, 0.4) is 0 Å². The van der Waals surface area contributed by atoms with Crippen molar-refractivity contribution >= 4 is 17.3 Å². The molecular weight excluding hydrogens is 328 g/mol. The Morgan fingerprint density at radius 2 is 2.08 bits per heavy atom. The summed E-state index contributed by atoms with van der Waals surface area (Å²) < 4.78 is 5.46. The van der Waals surface area contributed by atoms with Gasteiger partial charge in [0.2, 0.25) is 5.91 Å². The third-order valence-electron chi connectivity index (χ3n) is 5.13. The third-order valence-corrected chi connectivity index (χ3v) is 5.13. The number of ether oxygens (including phenoxy) is 1. The smallest absolute Gasteiger partial charge is 0.247 e. The number of H-pyrrole nitrogens is 1. The predicted molar refractivity (Wildman–Crippen MR) is 103 cm³/mol. The van der Waals surface area contributed by atoms with Gasteiger partial charge in [-0.2, -0.15) is 5.10 Å². The molecule has 1 amide bonds. The lowest BCUT2D eigenvalue weighted by Gasteiger charge is -2.29. The molecule has 6 heteroatoms. The Balaban J connectivity index is 1.76. The number of nitrogens with zero attached hydrogens (tertiary/aromatic N) is 2. The van der Waals surface area contributed by atoms with E-state index in [1.54, 1.807) is 0 Å². The number of anilines is 2. The molecule has 0 unspecified atom stereocenters. The highest BCUT2D eigenvalue weighted by atomic mass is 16.5. The molecule has 2 aromatic rings. The predicted octanol–water partition coefficient (Wildman–Crippen LogP) is 2.92. The van der Waals surface area contributed by atoms with Crippen molar-refractivity contribution in [3.8, 4) is 11.3 Å². The average Bonchev–Trinajstić information content (AvgIpc) is 3.13. The second kappa shape index (κ2) is 7.33. The Kier molecular flexibility index (Phi) is 4.75. The Morgan fingerprint density at radius 1 is 1.27 bits per heavy atom. The van der Waals surface area contributed by atoms with Crippen LogP contribution in [0, 0.1) is 0 Å². The van der Waals surface area contributed by atoms with E-state index < -0.39 is 0 Å². The molecule has 2 aliphatic rings. The number of carbonyl (C=O) groups is 1. The number of carbonyl (C=O) groups excluding carboxylic acids is 1. The van der Waals surface area contributed by atoms with Crippen LogP contribution in [0.2, 0.25) is 0 Å². The molecule has 1 aliphatic carbocycles. The number of amides is 1. The Morgan fingerprint density at radius 3 is 2.88 bits per heavy atom. The number of hydrogen-bond acceptors (Lipinski definition) is 4. The van der Waals surface area contributed by atoms with Gasteiger partial charge in [0.15, 0.2) is 0 Å². The molecule has 1 fully saturated rings. The molecule has 4 rings (SSSR count). The quantitative estimate of drug-likeness (QED) is 0.830. The first-order valence-corrected chi connectivity index (χ1v) is 9.23. The van der Waals surface area contributed by atoms with Crippen LogP contribution in [0.4, 0.5) is 11.4 Å². The molecule has 26 heavy (non-hydrogen) atoms. The first-order chi connectivity index (χ1) is 12.8. The summed E-state index contributed by atoms with van der Waals surface area (Å²) in [5.41, 5.74) is 6.32. The monoisotopic (exact) mass is 352 g/mol. The fourth-order valence-corrected chi connectivity index (χ4v) is 3.74. The van der Waals surface area contributed by atoms with Crippen molar-refractivity contribution < 1.29 is 9.53 Å². The number of aromatic nitrogens is 2. The second-order valence-electron chi connectivity index (χ2n) is 6.76. The molecule has 0 spiro atoms. The minimum atomic E-state index is -0.213. The van der Waals surface area contributed by atoms with Gasteiger partial charge in [0.25, 0.3) is 0 Å². The largest absolute Gasteiger partial charge is 0.378 e. The standard InChI is InChI=1S/C20H24N4O2/c1-2-19(25)21-17-8-7-14(24-9-11-26-12-10-24)13-16(17)20-15-5-3-4-6-18(15)22-23-20/h2,7-8,13H,1,3-6,9-12H2,(H,21,25)(H,22,23). The van der Waals surface area contributed by atoms with E-state index in [2.05, 4.69) is 33.1 Å². The molecular formula is C20H24N4O2. The fourth-order valence-electron chi connectivity index (χ4n) is 3.74. The van der Waals surface area contributed by atoms with Gasteiger partial charge in [-0.05, 0) is 50.0 Å². The SMILES string of the molecule is C=CC(=O)Nc1ccc(N2CCOCC2)cc1-c1n[nH]c2c1CCCC2. The first kappa shape index (κ1) is 16.8. The summed E-state index contributed by atoms with van der Waals surface area (Å²) in [5, 5.41) is 10.7. The Bertz CT molecular complexity index is 821. The Hall–Kier alpha value is -2.60.